The third kappa shape index (κ3) is 2.48. The van der Waals surface area contributed by atoms with Crippen molar-refractivity contribution in [3.05, 3.63) is 35.4 Å². The predicted molar refractivity (Wildman–Crippen MR) is 67.9 cm³/mol. The van der Waals surface area contributed by atoms with Crippen molar-refractivity contribution in [3.8, 4) is 0 Å². The molecular formula is C12H14F2N2O2S. The van der Waals surface area contributed by atoms with E-state index in [4.69, 9.17) is 5.73 Å². The van der Waals surface area contributed by atoms with Gasteiger partial charge in [0.1, 0.15) is 16.4 Å². The van der Waals surface area contributed by atoms with Crippen LogP contribution in [0.1, 0.15) is 13.3 Å². The van der Waals surface area contributed by atoms with Crippen LogP contribution in [0.3, 0.4) is 0 Å². The molecule has 2 rings (SSSR count). The minimum absolute atomic E-state index is 0.207. The van der Waals surface area contributed by atoms with Crippen LogP contribution in [0.4, 0.5) is 14.5 Å². The molecule has 1 aliphatic rings. The van der Waals surface area contributed by atoms with Crippen molar-refractivity contribution in [2.75, 3.05) is 18.8 Å². The van der Waals surface area contributed by atoms with Gasteiger partial charge in [-0.2, -0.15) is 4.31 Å². The zero-order chi connectivity index (χ0) is 14.2. The van der Waals surface area contributed by atoms with E-state index in [1.807, 2.05) is 6.08 Å². The quantitative estimate of drug-likeness (QED) is 0.667. The summed E-state index contributed by atoms with van der Waals surface area (Å²) in [6, 6.07) is 1.77. The first-order valence-corrected chi connectivity index (χ1v) is 7.17. The topological polar surface area (TPSA) is 63.4 Å². The highest BCUT2D eigenvalue weighted by molar-refractivity contribution is 7.89. The molecule has 7 heteroatoms. The second-order valence-corrected chi connectivity index (χ2v) is 6.36. The van der Waals surface area contributed by atoms with Crippen LogP contribution in [-0.4, -0.2) is 25.8 Å². The monoisotopic (exact) mass is 288 g/mol. The Morgan fingerprint density at radius 1 is 1.32 bits per heavy atom. The zero-order valence-electron chi connectivity index (χ0n) is 10.4. The van der Waals surface area contributed by atoms with Crippen LogP contribution >= 0.6 is 0 Å². The molecule has 1 aromatic rings. The van der Waals surface area contributed by atoms with Crippen molar-refractivity contribution in [1.82, 2.24) is 4.31 Å². The summed E-state index contributed by atoms with van der Waals surface area (Å²) in [5, 5.41) is 0. The summed E-state index contributed by atoms with van der Waals surface area (Å²) in [7, 11) is -3.99. The largest absolute Gasteiger partial charge is 0.394 e. The van der Waals surface area contributed by atoms with Gasteiger partial charge in [-0.3, -0.25) is 0 Å². The van der Waals surface area contributed by atoms with Crippen LogP contribution in [0, 0.1) is 11.6 Å². The van der Waals surface area contributed by atoms with Crippen LogP contribution in [0.25, 0.3) is 0 Å². The smallest absolute Gasteiger partial charge is 0.246 e. The summed E-state index contributed by atoms with van der Waals surface area (Å²) in [6.07, 6.45) is 2.50. The van der Waals surface area contributed by atoms with Gasteiger partial charge in [-0.1, -0.05) is 11.6 Å². The molecule has 0 amide bonds. The summed E-state index contributed by atoms with van der Waals surface area (Å²) in [6.45, 7) is 2.28. The summed E-state index contributed by atoms with van der Waals surface area (Å²) < 4.78 is 52.7. The first-order valence-electron chi connectivity index (χ1n) is 5.73. The van der Waals surface area contributed by atoms with Crippen LogP contribution in [-0.2, 0) is 10.0 Å². The number of nitrogens with zero attached hydrogens (tertiary/aromatic N) is 1. The third-order valence-corrected chi connectivity index (χ3v) is 4.87. The van der Waals surface area contributed by atoms with Crippen molar-refractivity contribution in [2.45, 2.75) is 18.2 Å². The van der Waals surface area contributed by atoms with E-state index in [-0.39, 0.29) is 13.1 Å². The molecule has 104 valence electrons. The molecule has 0 saturated carbocycles. The first-order chi connectivity index (χ1) is 8.84. The number of hydrogen-bond acceptors (Lipinski definition) is 3. The average molecular weight is 288 g/mol. The minimum atomic E-state index is -3.99. The van der Waals surface area contributed by atoms with Crippen molar-refractivity contribution in [3.63, 3.8) is 0 Å². The maximum Gasteiger partial charge on any atom is 0.246 e. The molecule has 0 radical (unpaired) electrons. The number of sulfonamides is 1. The normalized spacial score (nSPS) is 17.3. The maximum atomic E-state index is 13.8. The molecule has 0 spiro atoms. The Morgan fingerprint density at radius 3 is 2.63 bits per heavy atom. The number of nitrogen functional groups attached to an aromatic ring is 1. The lowest BCUT2D eigenvalue weighted by molar-refractivity contribution is 0.423. The van der Waals surface area contributed by atoms with Crippen molar-refractivity contribution in [1.29, 1.82) is 0 Å². The standard InChI is InChI=1S/C12H14F2N2O2S/c1-8-3-2-6-16(7-8)19(17,18)10-5-4-9(13)12(15)11(10)14/h3-5H,2,6-7,15H2,1H3. The average Bonchev–Trinajstić information content (AvgIpc) is 2.36. The predicted octanol–water partition coefficient (Wildman–Crippen LogP) is 1.89. The molecule has 0 bridgehead atoms. The fraction of sp³-hybridized carbons (Fsp3) is 0.333. The van der Waals surface area contributed by atoms with Crippen LogP contribution in [0.15, 0.2) is 28.7 Å². The lowest BCUT2D eigenvalue weighted by Crippen LogP contribution is -2.36. The van der Waals surface area contributed by atoms with Gasteiger partial charge < -0.3 is 5.73 Å². The lowest BCUT2D eigenvalue weighted by Gasteiger charge is -2.25. The molecule has 1 aromatic carbocycles. The van der Waals surface area contributed by atoms with Gasteiger partial charge in [0.15, 0.2) is 5.82 Å². The van der Waals surface area contributed by atoms with E-state index in [2.05, 4.69) is 0 Å². The Morgan fingerprint density at radius 2 is 2.00 bits per heavy atom. The molecule has 0 atom stereocenters. The van der Waals surface area contributed by atoms with Gasteiger partial charge in [0.25, 0.3) is 0 Å². The molecule has 4 nitrogen and oxygen atoms in total. The van der Waals surface area contributed by atoms with Gasteiger partial charge in [0, 0.05) is 13.1 Å². The molecule has 1 heterocycles. The van der Waals surface area contributed by atoms with Gasteiger partial charge >= 0.3 is 0 Å². The Balaban J connectivity index is 2.46. The molecule has 0 aromatic heterocycles. The van der Waals surface area contributed by atoms with E-state index in [0.29, 0.717) is 6.42 Å². The molecule has 2 N–H and O–H groups in total. The van der Waals surface area contributed by atoms with E-state index in [1.54, 1.807) is 6.92 Å². The number of benzene rings is 1. The highest BCUT2D eigenvalue weighted by Crippen LogP contribution is 2.27. The highest BCUT2D eigenvalue weighted by Gasteiger charge is 2.30. The summed E-state index contributed by atoms with van der Waals surface area (Å²) in [5.41, 5.74) is 5.31. The first kappa shape index (κ1) is 14.0. The minimum Gasteiger partial charge on any atom is -0.394 e. The summed E-state index contributed by atoms with van der Waals surface area (Å²) >= 11 is 0. The SMILES string of the molecule is CC1=CCCN(S(=O)(=O)c2ccc(F)c(N)c2F)C1. The summed E-state index contributed by atoms with van der Waals surface area (Å²) in [5.74, 6) is -2.20. The van der Waals surface area contributed by atoms with E-state index in [9.17, 15) is 17.2 Å². The van der Waals surface area contributed by atoms with Gasteiger partial charge in [0.2, 0.25) is 10.0 Å². The Labute approximate surface area is 110 Å². The van der Waals surface area contributed by atoms with Crippen LogP contribution in [0.2, 0.25) is 0 Å². The number of nitrogens with two attached hydrogens (primary N) is 1. The van der Waals surface area contributed by atoms with Gasteiger partial charge in [-0.25, -0.2) is 17.2 Å². The van der Waals surface area contributed by atoms with Gasteiger partial charge in [-0.05, 0) is 25.5 Å². The molecule has 0 unspecified atom stereocenters. The molecule has 0 saturated heterocycles. The molecule has 0 aliphatic carbocycles. The van der Waals surface area contributed by atoms with Crippen LogP contribution < -0.4 is 5.73 Å². The van der Waals surface area contributed by atoms with E-state index >= 15 is 0 Å². The maximum absolute atomic E-state index is 13.8. The van der Waals surface area contributed by atoms with E-state index in [0.717, 1.165) is 22.0 Å². The van der Waals surface area contributed by atoms with E-state index < -0.39 is 32.2 Å². The van der Waals surface area contributed by atoms with Gasteiger partial charge in [0.05, 0.1) is 0 Å². The molecule has 19 heavy (non-hydrogen) atoms. The fourth-order valence-electron chi connectivity index (χ4n) is 1.97. The van der Waals surface area contributed by atoms with Gasteiger partial charge in [-0.15, -0.1) is 0 Å². The van der Waals surface area contributed by atoms with E-state index in [1.165, 1.54) is 0 Å². The second-order valence-electron chi connectivity index (χ2n) is 4.45. The summed E-state index contributed by atoms with van der Waals surface area (Å²) in [4.78, 5) is -0.582. The highest BCUT2D eigenvalue weighted by atomic mass is 32.2. The third-order valence-electron chi connectivity index (χ3n) is 3.01. The Kier molecular flexibility index (Phi) is 3.60. The lowest BCUT2D eigenvalue weighted by atomic mass is 10.2. The zero-order valence-corrected chi connectivity index (χ0v) is 11.2. The number of rotatable bonds is 2. The van der Waals surface area contributed by atoms with Crippen molar-refractivity contribution < 1.29 is 17.2 Å². The van der Waals surface area contributed by atoms with Crippen LogP contribution in [0.5, 0.6) is 0 Å². The second kappa shape index (κ2) is 4.90. The van der Waals surface area contributed by atoms with Crippen molar-refractivity contribution in [2.24, 2.45) is 0 Å². The Hall–Kier alpha value is -1.47. The molecule has 1 aliphatic heterocycles. The number of anilines is 1. The Bertz CT molecular complexity index is 641. The molecule has 0 fully saturated rings. The van der Waals surface area contributed by atoms with Crippen molar-refractivity contribution >= 4 is 15.7 Å². The fourth-order valence-corrected chi connectivity index (χ4v) is 3.54. The number of halogens is 2. The number of hydrogen-bond donors (Lipinski definition) is 1. The molecular weight excluding hydrogens is 274 g/mol.